The summed E-state index contributed by atoms with van der Waals surface area (Å²) >= 11 is 11.5. The van der Waals surface area contributed by atoms with E-state index in [1.807, 2.05) is 31.2 Å². The van der Waals surface area contributed by atoms with Gasteiger partial charge in [-0.05, 0) is 65.4 Å². The fourth-order valence-electron chi connectivity index (χ4n) is 1.54. The van der Waals surface area contributed by atoms with Crippen molar-refractivity contribution in [3.8, 4) is 0 Å². The molecule has 0 aliphatic heterocycles. The van der Waals surface area contributed by atoms with Gasteiger partial charge in [0.1, 0.15) is 0 Å². The third-order valence-corrected chi connectivity index (χ3v) is 4.44. The summed E-state index contributed by atoms with van der Waals surface area (Å²) in [6.07, 6.45) is 0. The molecule has 19 heavy (non-hydrogen) atoms. The van der Waals surface area contributed by atoms with Crippen LogP contribution in [0.25, 0.3) is 0 Å². The molecule has 2 rings (SSSR count). The maximum Gasteiger partial charge on any atom is 0.256 e. The zero-order valence-electron chi connectivity index (χ0n) is 10.0. The lowest BCUT2D eigenvalue weighted by molar-refractivity contribution is 0.102. The molecular weight excluding hydrogens is 440 g/mol. The van der Waals surface area contributed by atoms with Gasteiger partial charge in [0.2, 0.25) is 0 Å². The predicted octanol–water partition coefficient (Wildman–Crippen LogP) is 5.27. The fourth-order valence-corrected chi connectivity index (χ4v) is 2.66. The molecule has 0 fully saturated rings. The molecule has 0 aromatic heterocycles. The van der Waals surface area contributed by atoms with E-state index in [2.05, 4.69) is 43.8 Å². The highest BCUT2D eigenvalue weighted by Gasteiger charge is 2.11. The van der Waals surface area contributed by atoms with Crippen LogP contribution in [0.2, 0.25) is 5.02 Å². The molecule has 2 nitrogen and oxygen atoms in total. The summed E-state index contributed by atoms with van der Waals surface area (Å²) < 4.78 is 1.77. The molecular formula is C14H10BrClINO. The van der Waals surface area contributed by atoms with Gasteiger partial charge in [-0.1, -0.05) is 33.6 Å². The van der Waals surface area contributed by atoms with Crippen molar-refractivity contribution in [1.29, 1.82) is 0 Å². The van der Waals surface area contributed by atoms with E-state index >= 15 is 0 Å². The van der Waals surface area contributed by atoms with Crippen molar-refractivity contribution in [2.24, 2.45) is 0 Å². The van der Waals surface area contributed by atoms with Gasteiger partial charge in [-0.2, -0.15) is 0 Å². The maximum atomic E-state index is 12.2. The number of aryl methyl sites for hydroxylation is 1. The molecule has 1 amide bonds. The minimum Gasteiger partial charge on any atom is -0.322 e. The van der Waals surface area contributed by atoms with Crippen LogP contribution in [0.5, 0.6) is 0 Å². The van der Waals surface area contributed by atoms with E-state index in [-0.39, 0.29) is 5.91 Å². The van der Waals surface area contributed by atoms with Gasteiger partial charge in [0.15, 0.2) is 0 Å². The van der Waals surface area contributed by atoms with Crippen molar-refractivity contribution >= 4 is 61.7 Å². The van der Waals surface area contributed by atoms with Gasteiger partial charge in [-0.15, -0.1) is 0 Å². The molecule has 0 bridgehead atoms. The number of rotatable bonds is 2. The summed E-state index contributed by atoms with van der Waals surface area (Å²) in [7, 11) is 0. The summed E-state index contributed by atoms with van der Waals surface area (Å²) in [5, 5.41) is 3.49. The van der Waals surface area contributed by atoms with E-state index in [9.17, 15) is 4.79 Å². The molecule has 0 aliphatic rings. The second-order valence-corrected chi connectivity index (χ2v) is 6.53. The molecule has 1 N–H and O–H groups in total. The van der Waals surface area contributed by atoms with Crippen molar-refractivity contribution < 1.29 is 4.79 Å². The van der Waals surface area contributed by atoms with Crippen LogP contribution >= 0.6 is 50.1 Å². The van der Waals surface area contributed by atoms with Gasteiger partial charge in [0.05, 0.1) is 5.56 Å². The van der Waals surface area contributed by atoms with Crippen molar-refractivity contribution in [2.75, 3.05) is 5.32 Å². The molecule has 0 unspecified atom stereocenters. The molecule has 0 heterocycles. The highest BCUT2D eigenvalue weighted by molar-refractivity contribution is 14.1. The van der Waals surface area contributed by atoms with Crippen LogP contribution in [0.4, 0.5) is 5.69 Å². The molecule has 0 spiro atoms. The normalized spacial score (nSPS) is 10.3. The Morgan fingerprint density at radius 2 is 2.00 bits per heavy atom. The number of halogens is 3. The quantitative estimate of drug-likeness (QED) is 0.621. The SMILES string of the molecule is Cc1ccc(NC(=O)c2cc(Br)ccc2I)cc1Cl. The lowest BCUT2D eigenvalue weighted by Crippen LogP contribution is -2.13. The van der Waals surface area contributed by atoms with Crippen LogP contribution < -0.4 is 5.32 Å². The van der Waals surface area contributed by atoms with Crippen molar-refractivity contribution in [3.63, 3.8) is 0 Å². The number of benzene rings is 2. The number of carbonyl (C=O) groups excluding carboxylic acids is 1. The predicted molar refractivity (Wildman–Crippen MR) is 91.0 cm³/mol. The van der Waals surface area contributed by atoms with Gasteiger partial charge in [-0.25, -0.2) is 0 Å². The summed E-state index contributed by atoms with van der Waals surface area (Å²) in [5.74, 6) is -0.148. The number of anilines is 1. The van der Waals surface area contributed by atoms with Crippen molar-refractivity contribution in [1.82, 2.24) is 0 Å². The number of hydrogen-bond donors (Lipinski definition) is 1. The molecule has 0 radical (unpaired) electrons. The first kappa shape index (κ1) is 14.8. The van der Waals surface area contributed by atoms with Crippen LogP contribution in [-0.2, 0) is 0 Å². The van der Waals surface area contributed by atoms with E-state index in [0.717, 1.165) is 13.6 Å². The average Bonchev–Trinajstić information content (AvgIpc) is 2.36. The molecule has 0 saturated carbocycles. The third-order valence-electron chi connectivity index (χ3n) is 2.60. The molecule has 0 saturated heterocycles. The number of nitrogens with one attached hydrogen (secondary N) is 1. The summed E-state index contributed by atoms with van der Waals surface area (Å²) in [6, 6.07) is 11.1. The van der Waals surface area contributed by atoms with Crippen molar-refractivity contribution in [2.45, 2.75) is 6.92 Å². The lowest BCUT2D eigenvalue weighted by atomic mass is 10.2. The largest absolute Gasteiger partial charge is 0.322 e. The Hall–Kier alpha value is -0.590. The molecule has 2 aromatic carbocycles. The summed E-state index contributed by atoms with van der Waals surface area (Å²) in [5.41, 5.74) is 2.31. The minimum atomic E-state index is -0.148. The maximum absolute atomic E-state index is 12.2. The van der Waals surface area contributed by atoms with Crippen LogP contribution in [-0.4, -0.2) is 5.91 Å². The average molecular weight is 451 g/mol. The van der Waals surface area contributed by atoms with Crippen molar-refractivity contribution in [3.05, 3.63) is 60.6 Å². The van der Waals surface area contributed by atoms with Crippen LogP contribution in [0.1, 0.15) is 15.9 Å². The Kier molecular flexibility index (Phi) is 4.86. The van der Waals surface area contributed by atoms with E-state index in [1.54, 1.807) is 12.1 Å². The smallest absolute Gasteiger partial charge is 0.256 e. The first-order valence-corrected chi connectivity index (χ1v) is 7.75. The lowest BCUT2D eigenvalue weighted by Gasteiger charge is -2.08. The second kappa shape index (κ2) is 6.24. The zero-order valence-corrected chi connectivity index (χ0v) is 14.5. The fraction of sp³-hybridized carbons (Fsp3) is 0.0714. The second-order valence-electron chi connectivity index (χ2n) is 4.04. The molecule has 5 heteroatoms. The van der Waals surface area contributed by atoms with Gasteiger partial charge in [0.25, 0.3) is 5.91 Å². The van der Waals surface area contributed by atoms with Gasteiger partial charge in [0, 0.05) is 18.8 Å². The van der Waals surface area contributed by atoms with Gasteiger partial charge >= 0.3 is 0 Å². The molecule has 98 valence electrons. The Balaban J connectivity index is 2.25. The molecule has 2 aromatic rings. The molecule has 0 atom stereocenters. The first-order valence-electron chi connectivity index (χ1n) is 5.50. The first-order chi connectivity index (χ1) is 8.97. The summed E-state index contributed by atoms with van der Waals surface area (Å²) in [6.45, 7) is 1.92. The van der Waals surface area contributed by atoms with E-state index in [0.29, 0.717) is 16.3 Å². The Morgan fingerprint density at radius 1 is 1.26 bits per heavy atom. The zero-order chi connectivity index (χ0) is 14.0. The van der Waals surface area contributed by atoms with Gasteiger partial charge in [-0.3, -0.25) is 4.79 Å². The van der Waals surface area contributed by atoms with E-state index < -0.39 is 0 Å². The van der Waals surface area contributed by atoms with Crippen LogP contribution in [0.15, 0.2) is 40.9 Å². The Labute approximate surface area is 138 Å². The monoisotopic (exact) mass is 449 g/mol. The number of hydrogen-bond acceptors (Lipinski definition) is 1. The van der Waals surface area contributed by atoms with Gasteiger partial charge < -0.3 is 5.32 Å². The highest BCUT2D eigenvalue weighted by atomic mass is 127. The van der Waals surface area contributed by atoms with E-state index in [4.69, 9.17) is 11.6 Å². The number of amides is 1. The molecule has 0 aliphatic carbocycles. The Bertz CT molecular complexity index is 645. The van der Waals surface area contributed by atoms with Crippen LogP contribution in [0.3, 0.4) is 0 Å². The third kappa shape index (κ3) is 3.70. The highest BCUT2D eigenvalue weighted by Crippen LogP contribution is 2.22. The van der Waals surface area contributed by atoms with Crippen LogP contribution in [0, 0.1) is 10.5 Å². The minimum absolute atomic E-state index is 0.148. The summed E-state index contributed by atoms with van der Waals surface area (Å²) in [4.78, 5) is 12.2. The van der Waals surface area contributed by atoms with E-state index in [1.165, 1.54) is 0 Å². The number of carbonyl (C=O) groups is 1. The Morgan fingerprint density at radius 3 is 2.68 bits per heavy atom. The standard InChI is InChI=1S/C14H10BrClINO/c1-8-2-4-10(7-12(8)16)18-14(19)11-6-9(15)3-5-13(11)17/h2-7H,1H3,(H,18,19). The topological polar surface area (TPSA) is 29.1 Å².